The molecule has 48 heavy (non-hydrogen) atoms. The molecule has 0 aliphatic carbocycles. The molecule has 2 aromatic heterocycles. The summed E-state index contributed by atoms with van der Waals surface area (Å²) in [5.41, 5.74) is 4.68. The molecule has 2 amide bonds. The summed E-state index contributed by atoms with van der Waals surface area (Å²) < 4.78 is 11.4. The van der Waals surface area contributed by atoms with Crippen LogP contribution in [0.1, 0.15) is 102 Å². The highest BCUT2D eigenvalue weighted by atomic mass is 16.6. The summed E-state index contributed by atoms with van der Waals surface area (Å²) in [6.45, 7) is 12.3. The molecule has 0 spiro atoms. The van der Waals surface area contributed by atoms with Crippen LogP contribution in [0.2, 0.25) is 0 Å². The zero-order valence-corrected chi connectivity index (χ0v) is 28.4. The van der Waals surface area contributed by atoms with E-state index in [0.29, 0.717) is 25.3 Å². The molecule has 0 radical (unpaired) electrons. The first-order chi connectivity index (χ1) is 22.8. The van der Waals surface area contributed by atoms with Crippen molar-refractivity contribution in [2.75, 3.05) is 13.1 Å². The molecule has 10 nitrogen and oxygen atoms in total. The van der Waals surface area contributed by atoms with Gasteiger partial charge < -0.3 is 19.4 Å². The topological polar surface area (TPSA) is 116 Å². The van der Waals surface area contributed by atoms with Crippen molar-refractivity contribution in [1.82, 2.24) is 29.7 Å². The number of nitrogens with one attached hydrogen (secondary N) is 2. The molecule has 4 heterocycles. The van der Waals surface area contributed by atoms with Gasteiger partial charge in [0.1, 0.15) is 17.0 Å². The second kappa shape index (κ2) is 13.1. The number of piperidine rings is 1. The van der Waals surface area contributed by atoms with Gasteiger partial charge in [-0.3, -0.25) is 9.80 Å². The Bertz CT molecular complexity index is 1960. The number of H-pyrrole nitrogens is 2. The number of hydrogen-bond donors (Lipinski definition) is 2. The molecule has 2 aromatic carbocycles. The van der Waals surface area contributed by atoms with E-state index in [-0.39, 0.29) is 12.1 Å². The summed E-state index contributed by atoms with van der Waals surface area (Å²) in [4.78, 5) is 45.6. The number of carbonyl (C=O) groups is 2. The minimum absolute atomic E-state index is 0.150. The quantitative estimate of drug-likeness (QED) is 0.223. The lowest BCUT2D eigenvalue weighted by Crippen LogP contribution is -2.42. The molecule has 2 aliphatic heterocycles. The first-order valence-electron chi connectivity index (χ1n) is 16.5. The van der Waals surface area contributed by atoms with Gasteiger partial charge >= 0.3 is 12.2 Å². The number of rotatable bonds is 3. The molecule has 10 heteroatoms. The molecule has 248 valence electrons. The van der Waals surface area contributed by atoms with Crippen LogP contribution in [0.25, 0.3) is 22.3 Å². The molecule has 2 aliphatic rings. The van der Waals surface area contributed by atoms with Crippen molar-refractivity contribution in [2.45, 2.75) is 90.5 Å². The first kappa shape index (κ1) is 32.7. The van der Waals surface area contributed by atoms with Gasteiger partial charge in [-0.05, 0) is 91.1 Å². The van der Waals surface area contributed by atoms with Gasteiger partial charge in [-0.1, -0.05) is 35.8 Å². The van der Waals surface area contributed by atoms with E-state index < -0.39 is 23.3 Å². The summed E-state index contributed by atoms with van der Waals surface area (Å²) in [5, 5.41) is 0. The summed E-state index contributed by atoms with van der Waals surface area (Å²) in [5.74, 6) is 13.4. The predicted molar refractivity (Wildman–Crippen MR) is 184 cm³/mol. The van der Waals surface area contributed by atoms with Crippen LogP contribution in [0.4, 0.5) is 9.59 Å². The van der Waals surface area contributed by atoms with Gasteiger partial charge in [-0.25, -0.2) is 19.6 Å². The van der Waals surface area contributed by atoms with Crippen LogP contribution < -0.4 is 0 Å². The molecule has 0 bridgehead atoms. The fraction of sp³-hybridized carbons (Fsp3) is 0.421. The summed E-state index contributed by atoms with van der Waals surface area (Å²) in [6.07, 6.45) is 4.35. The molecule has 6 rings (SSSR count). The van der Waals surface area contributed by atoms with Crippen molar-refractivity contribution in [3.8, 4) is 34.9 Å². The molecular weight excluding hydrogens is 604 g/mol. The average molecular weight is 647 g/mol. The zero-order valence-electron chi connectivity index (χ0n) is 28.4. The van der Waals surface area contributed by atoms with E-state index in [4.69, 9.17) is 14.5 Å². The number of ether oxygens (including phenoxy) is 2. The monoisotopic (exact) mass is 646 g/mol. The van der Waals surface area contributed by atoms with Crippen LogP contribution in [-0.4, -0.2) is 66.2 Å². The Morgan fingerprint density at radius 1 is 0.917 bits per heavy atom. The highest BCUT2D eigenvalue weighted by Gasteiger charge is 2.34. The summed E-state index contributed by atoms with van der Waals surface area (Å²) >= 11 is 0. The minimum Gasteiger partial charge on any atom is -0.444 e. The average Bonchev–Trinajstić information content (AvgIpc) is 3.70. The van der Waals surface area contributed by atoms with Gasteiger partial charge in [0.15, 0.2) is 6.04 Å². The minimum atomic E-state index is -0.605. The number of amides is 2. The fourth-order valence-electron chi connectivity index (χ4n) is 5.97. The number of fused-ring (bicyclic) bond motifs is 1. The lowest BCUT2D eigenvalue weighted by Gasteiger charge is -2.36. The van der Waals surface area contributed by atoms with Crippen molar-refractivity contribution in [3.05, 3.63) is 71.4 Å². The first-order valence-corrected chi connectivity index (χ1v) is 16.5. The molecule has 4 aromatic rings. The Morgan fingerprint density at radius 2 is 1.65 bits per heavy atom. The Hall–Kier alpha value is -5.22. The third-order valence-electron chi connectivity index (χ3n) is 8.04. The van der Waals surface area contributed by atoms with E-state index in [2.05, 4.69) is 38.6 Å². The number of aromatic amines is 2. The van der Waals surface area contributed by atoms with Crippen molar-refractivity contribution >= 4 is 23.2 Å². The molecule has 2 atom stereocenters. The maximum absolute atomic E-state index is 13.1. The molecule has 2 N–H and O–H groups in total. The van der Waals surface area contributed by atoms with Crippen LogP contribution in [0.5, 0.6) is 0 Å². The van der Waals surface area contributed by atoms with Crippen molar-refractivity contribution in [1.29, 1.82) is 0 Å². The summed E-state index contributed by atoms with van der Waals surface area (Å²) in [7, 11) is 0. The fourth-order valence-corrected chi connectivity index (χ4v) is 5.97. The Balaban J connectivity index is 1.22. The van der Waals surface area contributed by atoms with E-state index in [9.17, 15) is 9.59 Å². The second-order valence-electron chi connectivity index (χ2n) is 14.2. The highest BCUT2D eigenvalue weighted by Crippen LogP contribution is 2.36. The largest absolute Gasteiger partial charge is 0.444 e. The van der Waals surface area contributed by atoms with E-state index >= 15 is 0 Å². The van der Waals surface area contributed by atoms with Crippen molar-refractivity contribution in [3.63, 3.8) is 0 Å². The second-order valence-corrected chi connectivity index (χ2v) is 14.2. The van der Waals surface area contributed by atoms with Crippen LogP contribution in [0.3, 0.4) is 0 Å². The molecular formula is C38H42N6O4. The number of nitrogens with zero attached hydrogens (tertiary/aromatic N) is 4. The third kappa shape index (κ3) is 7.50. The van der Waals surface area contributed by atoms with Gasteiger partial charge in [0.2, 0.25) is 0 Å². The number of hydrogen-bond acceptors (Lipinski definition) is 6. The lowest BCUT2D eigenvalue weighted by atomic mass is 9.96. The zero-order chi connectivity index (χ0) is 34.1. The maximum Gasteiger partial charge on any atom is 0.411 e. The van der Waals surface area contributed by atoms with Crippen LogP contribution in [0.15, 0.2) is 48.8 Å². The predicted octanol–water partition coefficient (Wildman–Crippen LogP) is 7.50. The van der Waals surface area contributed by atoms with Crippen LogP contribution in [-0.2, 0) is 9.47 Å². The SMILES string of the molecule is CC(C)(C)OC(=O)N1CCC#C[C@H]1c1nc2ccc(C#Cc3cccc(-c4nc[nH]c4[C@@H]4CCCCN4C(=O)OC(C)(C)C)c3)cc2[nH]1. The van der Waals surface area contributed by atoms with E-state index in [1.165, 1.54) is 0 Å². The normalized spacial score (nSPS) is 18.0. The van der Waals surface area contributed by atoms with Gasteiger partial charge in [0.25, 0.3) is 0 Å². The number of benzene rings is 2. The third-order valence-corrected chi connectivity index (χ3v) is 8.04. The number of likely N-dealkylation sites (tertiary alicyclic amines) is 1. The van der Waals surface area contributed by atoms with Crippen molar-refractivity contribution in [2.24, 2.45) is 0 Å². The Labute approximate surface area is 281 Å². The highest BCUT2D eigenvalue weighted by molar-refractivity contribution is 5.78. The van der Waals surface area contributed by atoms with Gasteiger partial charge in [-0.15, -0.1) is 0 Å². The number of aromatic nitrogens is 4. The van der Waals surface area contributed by atoms with Crippen LogP contribution in [0, 0.1) is 23.7 Å². The van der Waals surface area contributed by atoms with Gasteiger partial charge in [0.05, 0.1) is 34.8 Å². The molecule has 0 saturated carbocycles. The van der Waals surface area contributed by atoms with E-state index in [1.54, 1.807) is 11.2 Å². The maximum atomic E-state index is 13.1. The molecule has 1 saturated heterocycles. The van der Waals surface area contributed by atoms with Gasteiger partial charge in [0, 0.05) is 36.2 Å². The Kier molecular flexibility index (Phi) is 8.94. The standard InChI is InChI=1S/C38H42N6O4/c1-37(2,3)47-35(45)43-20-9-7-14-30(43)33-32(39-24-40-33)27-13-11-12-25(22-27)16-17-26-18-19-28-29(23-26)42-34(41-28)31-15-8-10-21-44(31)36(46)48-38(4,5)6/h11-13,18-19,22-24,30-31H,7,9-10,14,20-21H2,1-6H3,(H,39,40)(H,41,42)/t30-,31-/m0/s1. The van der Waals surface area contributed by atoms with Gasteiger partial charge in [-0.2, -0.15) is 0 Å². The van der Waals surface area contributed by atoms with Crippen molar-refractivity contribution < 1.29 is 19.1 Å². The Morgan fingerprint density at radius 3 is 2.40 bits per heavy atom. The lowest BCUT2D eigenvalue weighted by molar-refractivity contribution is 0.00903. The summed E-state index contributed by atoms with van der Waals surface area (Å²) in [6, 6.07) is 13.1. The number of imidazole rings is 2. The van der Waals surface area contributed by atoms with E-state index in [0.717, 1.165) is 58.4 Å². The molecule has 1 fully saturated rings. The van der Waals surface area contributed by atoms with Crippen LogP contribution >= 0.6 is 0 Å². The smallest absolute Gasteiger partial charge is 0.411 e. The molecule has 0 unspecified atom stereocenters. The van der Waals surface area contributed by atoms with E-state index in [1.807, 2.05) is 88.9 Å². The number of carbonyl (C=O) groups excluding carboxylic acids is 2.